The SMILES string of the molecule is Nc1ncnc2c1ncn2[C@@H]1O[C@H](CN(CC[C@H](N)C(=O)O)Cc2cn(CCc3ccccc3)nn2)[C@@H](O)[C@H]1O. The minimum atomic E-state index is -1.28. The molecule has 0 saturated carbocycles. The maximum Gasteiger partial charge on any atom is 0.320 e. The van der Waals surface area contributed by atoms with E-state index in [2.05, 4.69) is 25.3 Å². The van der Waals surface area contributed by atoms with Crippen molar-refractivity contribution in [1.29, 1.82) is 0 Å². The van der Waals surface area contributed by atoms with Crippen LogP contribution in [-0.2, 0) is 29.0 Å². The molecule has 4 heterocycles. The number of aliphatic hydroxyl groups is 2. The summed E-state index contributed by atoms with van der Waals surface area (Å²) in [6, 6.07) is 8.99. The lowest BCUT2D eigenvalue weighted by Crippen LogP contribution is -2.42. The van der Waals surface area contributed by atoms with Crippen LogP contribution >= 0.6 is 0 Å². The number of hydrogen-bond donors (Lipinski definition) is 5. The third kappa shape index (κ3) is 6.08. The zero-order valence-electron chi connectivity index (χ0n) is 21.6. The lowest BCUT2D eigenvalue weighted by Gasteiger charge is -2.26. The van der Waals surface area contributed by atoms with Gasteiger partial charge in [-0.15, -0.1) is 5.10 Å². The Balaban J connectivity index is 1.28. The quantitative estimate of drug-likeness (QED) is 0.145. The van der Waals surface area contributed by atoms with Crippen LogP contribution in [0, 0.1) is 0 Å². The van der Waals surface area contributed by atoms with Crippen molar-refractivity contribution in [3.63, 3.8) is 0 Å². The Hall–Kier alpha value is -4.02. The molecule has 1 aromatic carbocycles. The largest absolute Gasteiger partial charge is 0.480 e. The van der Waals surface area contributed by atoms with Gasteiger partial charge in [-0.2, -0.15) is 0 Å². The molecular weight excluding hydrogens is 520 g/mol. The van der Waals surface area contributed by atoms with E-state index in [-0.39, 0.29) is 25.3 Å². The van der Waals surface area contributed by atoms with Gasteiger partial charge in [0.15, 0.2) is 17.7 Å². The van der Waals surface area contributed by atoms with E-state index >= 15 is 0 Å². The number of carboxylic acid groups (broad SMARTS) is 1. The molecule has 1 fully saturated rings. The number of aryl methyl sites for hydroxylation is 2. The number of ether oxygens (including phenoxy) is 1. The molecule has 3 aromatic heterocycles. The number of aliphatic hydroxyl groups excluding tert-OH is 2. The highest BCUT2D eigenvalue weighted by Crippen LogP contribution is 2.32. The fourth-order valence-electron chi connectivity index (χ4n) is 4.74. The summed E-state index contributed by atoms with van der Waals surface area (Å²) in [4.78, 5) is 25.5. The number of nitrogen functional groups attached to an aromatic ring is 1. The van der Waals surface area contributed by atoms with Crippen molar-refractivity contribution in [2.24, 2.45) is 5.73 Å². The smallest absolute Gasteiger partial charge is 0.320 e. The summed E-state index contributed by atoms with van der Waals surface area (Å²) in [7, 11) is 0. The fourth-order valence-corrected chi connectivity index (χ4v) is 4.74. The average Bonchev–Trinajstić information content (AvgIpc) is 3.66. The number of nitrogens with two attached hydrogens (primary N) is 2. The normalized spacial score (nSPS) is 21.8. The predicted octanol–water partition coefficient (Wildman–Crippen LogP) is -0.834. The molecule has 5 atom stereocenters. The van der Waals surface area contributed by atoms with E-state index in [9.17, 15) is 20.1 Å². The Bertz CT molecular complexity index is 1430. The monoisotopic (exact) mass is 552 g/mol. The van der Waals surface area contributed by atoms with E-state index in [1.54, 1.807) is 4.68 Å². The second kappa shape index (κ2) is 12.0. The molecular formula is C25H32N10O5. The molecule has 0 bridgehead atoms. The van der Waals surface area contributed by atoms with Crippen molar-refractivity contribution in [3.8, 4) is 0 Å². The van der Waals surface area contributed by atoms with Crippen molar-refractivity contribution in [1.82, 2.24) is 39.4 Å². The Morgan fingerprint density at radius 2 is 1.95 bits per heavy atom. The summed E-state index contributed by atoms with van der Waals surface area (Å²) in [6.07, 6.45) is 1.20. The van der Waals surface area contributed by atoms with E-state index in [0.717, 1.165) is 6.42 Å². The van der Waals surface area contributed by atoms with Gasteiger partial charge >= 0.3 is 5.97 Å². The first-order valence-corrected chi connectivity index (χ1v) is 12.9. The molecule has 0 spiro atoms. The predicted molar refractivity (Wildman–Crippen MR) is 141 cm³/mol. The first kappa shape index (κ1) is 27.5. The van der Waals surface area contributed by atoms with E-state index in [0.29, 0.717) is 29.9 Å². The number of rotatable bonds is 12. The molecule has 1 saturated heterocycles. The number of carbonyl (C=O) groups is 1. The fraction of sp³-hybridized carbons (Fsp3) is 0.440. The van der Waals surface area contributed by atoms with Gasteiger partial charge in [-0.25, -0.2) is 15.0 Å². The number of aromatic nitrogens is 7. The minimum absolute atomic E-state index is 0.161. The second-order valence-electron chi connectivity index (χ2n) is 9.81. The van der Waals surface area contributed by atoms with Crippen LogP contribution in [0.2, 0.25) is 0 Å². The number of fused-ring (bicyclic) bond motifs is 1. The highest BCUT2D eigenvalue weighted by Gasteiger charge is 2.45. The van der Waals surface area contributed by atoms with Gasteiger partial charge in [-0.05, 0) is 18.4 Å². The Labute approximate surface area is 229 Å². The number of imidazole rings is 1. The van der Waals surface area contributed by atoms with Crippen molar-refractivity contribution in [2.45, 2.75) is 56.5 Å². The van der Waals surface area contributed by atoms with E-state index in [1.807, 2.05) is 41.4 Å². The number of carboxylic acids is 1. The average molecular weight is 553 g/mol. The van der Waals surface area contributed by atoms with Crippen molar-refractivity contribution >= 4 is 23.0 Å². The van der Waals surface area contributed by atoms with Crippen molar-refractivity contribution < 1.29 is 24.9 Å². The summed E-state index contributed by atoms with van der Waals surface area (Å²) >= 11 is 0. The molecule has 0 aliphatic carbocycles. The van der Waals surface area contributed by atoms with Crippen LogP contribution in [0.15, 0.2) is 49.2 Å². The van der Waals surface area contributed by atoms with Gasteiger partial charge < -0.3 is 31.5 Å². The second-order valence-corrected chi connectivity index (χ2v) is 9.81. The van der Waals surface area contributed by atoms with Crippen LogP contribution in [0.4, 0.5) is 5.82 Å². The summed E-state index contributed by atoms with van der Waals surface area (Å²) in [6.45, 7) is 1.41. The maximum absolute atomic E-state index is 11.3. The Morgan fingerprint density at radius 1 is 1.15 bits per heavy atom. The molecule has 0 radical (unpaired) electrons. The van der Waals surface area contributed by atoms with Crippen LogP contribution < -0.4 is 11.5 Å². The number of nitrogens with zero attached hydrogens (tertiary/aromatic N) is 8. The van der Waals surface area contributed by atoms with Gasteiger partial charge in [0.05, 0.1) is 12.0 Å². The number of benzene rings is 1. The van der Waals surface area contributed by atoms with Crippen LogP contribution in [-0.4, -0.2) is 98.1 Å². The third-order valence-electron chi connectivity index (χ3n) is 6.95. The van der Waals surface area contributed by atoms with Crippen LogP contribution in [0.1, 0.15) is 23.9 Å². The minimum Gasteiger partial charge on any atom is -0.480 e. The molecule has 1 aliphatic heterocycles. The molecule has 5 rings (SSSR count). The summed E-state index contributed by atoms with van der Waals surface area (Å²) in [5.74, 6) is -0.918. The van der Waals surface area contributed by atoms with E-state index in [4.69, 9.17) is 16.2 Å². The van der Waals surface area contributed by atoms with Gasteiger partial charge in [0.2, 0.25) is 0 Å². The molecule has 0 unspecified atom stereocenters. The van der Waals surface area contributed by atoms with Gasteiger partial charge in [0.25, 0.3) is 0 Å². The third-order valence-corrected chi connectivity index (χ3v) is 6.95. The highest BCUT2D eigenvalue weighted by atomic mass is 16.6. The van der Waals surface area contributed by atoms with Gasteiger partial charge in [-0.3, -0.25) is 18.9 Å². The first-order valence-electron chi connectivity index (χ1n) is 12.9. The summed E-state index contributed by atoms with van der Waals surface area (Å²) < 4.78 is 9.34. The topological polar surface area (TPSA) is 217 Å². The zero-order valence-corrected chi connectivity index (χ0v) is 21.6. The first-order chi connectivity index (χ1) is 19.3. The Morgan fingerprint density at radius 3 is 2.73 bits per heavy atom. The molecule has 15 heteroatoms. The lowest BCUT2D eigenvalue weighted by atomic mass is 10.1. The van der Waals surface area contributed by atoms with E-state index in [1.165, 1.54) is 22.8 Å². The maximum atomic E-state index is 11.3. The van der Waals surface area contributed by atoms with E-state index < -0.39 is 36.6 Å². The zero-order chi connectivity index (χ0) is 28.2. The molecule has 212 valence electrons. The molecule has 40 heavy (non-hydrogen) atoms. The molecule has 15 nitrogen and oxygen atoms in total. The number of aliphatic carboxylic acids is 1. The molecule has 0 amide bonds. The summed E-state index contributed by atoms with van der Waals surface area (Å²) in [5.41, 5.74) is 14.2. The Kier molecular flexibility index (Phi) is 8.27. The van der Waals surface area contributed by atoms with Crippen LogP contribution in [0.25, 0.3) is 11.2 Å². The van der Waals surface area contributed by atoms with Crippen LogP contribution in [0.3, 0.4) is 0 Å². The highest BCUT2D eigenvalue weighted by molar-refractivity contribution is 5.81. The van der Waals surface area contributed by atoms with Crippen molar-refractivity contribution in [2.75, 3.05) is 18.8 Å². The standard InChI is InChI=1S/C25H32N10O5/c26-17(25(38)39)7-8-33(10-16-11-34(32-31-16)9-6-15-4-2-1-3-5-15)12-18-20(36)21(37)24(40-18)35-14-30-19-22(27)28-13-29-23(19)35/h1-5,11,13-14,17-18,20-21,24,36-37H,6-10,12,26H2,(H,38,39)(H2,27,28,29)/t17-,18+,20+,21+,24+/m0/s1. The van der Waals surface area contributed by atoms with Crippen LogP contribution in [0.5, 0.6) is 0 Å². The lowest BCUT2D eigenvalue weighted by molar-refractivity contribution is -0.138. The number of anilines is 1. The molecule has 4 aromatic rings. The van der Waals surface area contributed by atoms with Gasteiger partial charge in [0.1, 0.15) is 36.2 Å². The van der Waals surface area contributed by atoms with Gasteiger partial charge in [-0.1, -0.05) is 35.5 Å². The van der Waals surface area contributed by atoms with Crippen molar-refractivity contribution in [3.05, 3.63) is 60.4 Å². The van der Waals surface area contributed by atoms with Gasteiger partial charge in [0, 0.05) is 32.4 Å². The molecule has 7 N–H and O–H groups in total. The summed E-state index contributed by atoms with van der Waals surface area (Å²) in [5, 5.41) is 39.5. The number of hydrogen-bond acceptors (Lipinski definition) is 12. The molecule has 1 aliphatic rings.